The van der Waals surface area contributed by atoms with Gasteiger partial charge in [0, 0.05) is 6.92 Å². The summed E-state index contributed by atoms with van der Waals surface area (Å²) in [6.07, 6.45) is 6.39. The Hall–Kier alpha value is -0.570. The highest BCUT2D eigenvalue weighted by Gasteiger charge is 2.04. The van der Waals surface area contributed by atoms with Gasteiger partial charge in [0.15, 0.2) is 6.23 Å². The largest absolute Gasteiger partial charge is 0.447 e. The zero-order valence-electron chi connectivity index (χ0n) is 8.71. The highest BCUT2D eigenvalue weighted by Crippen LogP contribution is 2.06. The molecule has 0 bridgehead atoms. The summed E-state index contributed by atoms with van der Waals surface area (Å²) >= 11 is 0. The number of nitrogens with two attached hydrogens (primary N) is 1. The molecule has 0 fully saturated rings. The number of carbonyl (C=O) groups is 1. The van der Waals surface area contributed by atoms with Crippen LogP contribution in [-0.2, 0) is 9.53 Å². The number of rotatable bonds is 7. The second kappa shape index (κ2) is 8.05. The molecule has 0 heterocycles. The number of esters is 1. The number of hydrogen-bond acceptors (Lipinski definition) is 3. The third-order valence-corrected chi connectivity index (χ3v) is 1.91. The first-order valence-electron chi connectivity index (χ1n) is 5.09. The van der Waals surface area contributed by atoms with Gasteiger partial charge >= 0.3 is 5.97 Å². The second-order valence-electron chi connectivity index (χ2n) is 3.35. The molecule has 1 unspecified atom stereocenters. The summed E-state index contributed by atoms with van der Waals surface area (Å²) in [6.45, 7) is 3.57. The fourth-order valence-corrected chi connectivity index (χ4v) is 1.22. The molecule has 1 atom stereocenters. The van der Waals surface area contributed by atoms with Gasteiger partial charge in [0.25, 0.3) is 0 Å². The van der Waals surface area contributed by atoms with Gasteiger partial charge in [-0.05, 0) is 12.8 Å². The Morgan fingerprint density at radius 3 is 2.46 bits per heavy atom. The second-order valence-corrected chi connectivity index (χ2v) is 3.35. The van der Waals surface area contributed by atoms with Crippen LogP contribution in [-0.4, -0.2) is 12.2 Å². The van der Waals surface area contributed by atoms with Crippen molar-refractivity contribution < 1.29 is 9.53 Å². The minimum absolute atomic E-state index is 0.291. The van der Waals surface area contributed by atoms with E-state index in [1.807, 2.05) is 0 Å². The van der Waals surface area contributed by atoms with Gasteiger partial charge in [0.1, 0.15) is 0 Å². The number of hydrogen-bond donors (Lipinski definition) is 1. The van der Waals surface area contributed by atoms with Crippen LogP contribution in [0.2, 0.25) is 0 Å². The van der Waals surface area contributed by atoms with E-state index in [1.54, 1.807) is 0 Å². The number of ether oxygens (including phenoxy) is 1. The molecule has 3 heteroatoms. The van der Waals surface area contributed by atoms with Crippen molar-refractivity contribution in [1.82, 2.24) is 0 Å². The molecule has 0 radical (unpaired) electrons. The Morgan fingerprint density at radius 1 is 1.31 bits per heavy atom. The third-order valence-electron chi connectivity index (χ3n) is 1.91. The molecule has 0 amide bonds. The van der Waals surface area contributed by atoms with Crippen molar-refractivity contribution in [2.45, 2.75) is 58.6 Å². The summed E-state index contributed by atoms with van der Waals surface area (Å²) in [5, 5.41) is 0. The first-order chi connectivity index (χ1) is 6.16. The average Bonchev–Trinajstić information content (AvgIpc) is 2.02. The van der Waals surface area contributed by atoms with Crippen LogP contribution in [0.15, 0.2) is 0 Å². The minimum atomic E-state index is -0.404. The summed E-state index contributed by atoms with van der Waals surface area (Å²) in [4.78, 5) is 10.5. The van der Waals surface area contributed by atoms with E-state index in [0.29, 0.717) is 0 Å². The lowest BCUT2D eigenvalue weighted by atomic mass is 10.1. The van der Waals surface area contributed by atoms with Crippen LogP contribution in [0.5, 0.6) is 0 Å². The maximum absolute atomic E-state index is 10.5. The van der Waals surface area contributed by atoms with Crippen LogP contribution in [0.3, 0.4) is 0 Å². The number of unbranched alkanes of at least 4 members (excludes halogenated alkanes) is 4. The van der Waals surface area contributed by atoms with E-state index in [-0.39, 0.29) is 5.97 Å². The molecule has 3 nitrogen and oxygen atoms in total. The Kier molecular flexibility index (Phi) is 7.69. The van der Waals surface area contributed by atoms with Crippen molar-refractivity contribution in [2.75, 3.05) is 0 Å². The van der Waals surface area contributed by atoms with Crippen LogP contribution in [0.1, 0.15) is 52.4 Å². The zero-order chi connectivity index (χ0) is 10.1. The molecular weight excluding hydrogens is 166 g/mol. The van der Waals surface area contributed by atoms with E-state index < -0.39 is 6.23 Å². The maximum atomic E-state index is 10.5. The normalized spacial score (nSPS) is 12.5. The lowest BCUT2D eigenvalue weighted by Crippen LogP contribution is -2.25. The van der Waals surface area contributed by atoms with Crippen molar-refractivity contribution >= 4 is 5.97 Å². The SMILES string of the molecule is CCCCCCCC(N)OC(C)=O. The highest BCUT2D eigenvalue weighted by molar-refractivity contribution is 5.66. The van der Waals surface area contributed by atoms with Crippen molar-refractivity contribution in [3.8, 4) is 0 Å². The van der Waals surface area contributed by atoms with Crippen molar-refractivity contribution in [3.05, 3.63) is 0 Å². The van der Waals surface area contributed by atoms with Crippen molar-refractivity contribution in [3.63, 3.8) is 0 Å². The lowest BCUT2D eigenvalue weighted by molar-refractivity contribution is -0.146. The average molecular weight is 187 g/mol. The summed E-state index contributed by atoms with van der Waals surface area (Å²) < 4.78 is 4.80. The monoisotopic (exact) mass is 187 g/mol. The van der Waals surface area contributed by atoms with Crippen LogP contribution >= 0.6 is 0 Å². The predicted molar refractivity (Wildman–Crippen MR) is 53.1 cm³/mol. The minimum Gasteiger partial charge on any atom is -0.447 e. The first-order valence-corrected chi connectivity index (χ1v) is 5.09. The quantitative estimate of drug-likeness (QED) is 0.377. The lowest BCUT2D eigenvalue weighted by Gasteiger charge is -2.10. The van der Waals surface area contributed by atoms with E-state index in [1.165, 1.54) is 32.6 Å². The zero-order valence-corrected chi connectivity index (χ0v) is 8.71. The molecule has 0 rings (SSSR count). The summed E-state index contributed by atoms with van der Waals surface area (Å²) in [6, 6.07) is 0. The van der Waals surface area contributed by atoms with Crippen LogP contribution < -0.4 is 5.73 Å². The Bertz CT molecular complexity index is 137. The fourth-order valence-electron chi connectivity index (χ4n) is 1.22. The van der Waals surface area contributed by atoms with Gasteiger partial charge in [-0.15, -0.1) is 0 Å². The topological polar surface area (TPSA) is 52.3 Å². The molecule has 0 aromatic carbocycles. The van der Waals surface area contributed by atoms with Crippen LogP contribution in [0.25, 0.3) is 0 Å². The van der Waals surface area contributed by atoms with Gasteiger partial charge < -0.3 is 4.74 Å². The van der Waals surface area contributed by atoms with Gasteiger partial charge in [-0.1, -0.05) is 32.6 Å². The standard InChI is InChI=1S/C10H21NO2/c1-3-4-5-6-7-8-10(11)13-9(2)12/h10H,3-8,11H2,1-2H3. The molecule has 0 spiro atoms. The smallest absolute Gasteiger partial charge is 0.304 e. The summed E-state index contributed by atoms with van der Waals surface area (Å²) in [5.41, 5.74) is 5.55. The summed E-state index contributed by atoms with van der Waals surface area (Å²) in [7, 11) is 0. The van der Waals surface area contributed by atoms with Gasteiger partial charge in [-0.3, -0.25) is 10.5 Å². The van der Waals surface area contributed by atoms with Gasteiger partial charge in [0.05, 0.1) is 0 Å². The van der Waals surface area contributed by atoms with E-state index in [4.69, 9.17) is 10.5 Å². The Morgan fingerprint density at radius 2 is 1.92 bits per heavy atom. The molecule has 0 aromatic heterocycles. The van der Waals surface area contributed by atoms with Crippen molar-refractivity contribution in [2.24, 2.45) is 5.73 Å². The van der Waals surface area contributed by atoms with Crippen molar-refractivity contribution in [1.29, 1.82) is 0 Å². The van der Waals surface area contributed by atoms with Gasteiger partial charge in [-0.25, -0.2) is 0 Å². The molecule has 2 N–H and O–H groups in total. The molecule has 13 heavy (non-hydrogen) atoms. The maximum Gasteiger partial charge on any atom is 0.304 e. The Balaban J connectivity index is 3.17. The molecular formula is C10H21NO2. The van der Waals surface area contributed by atoms with E-state index in [2.05, 4.69) is 6.92 Å². The molecule has 0 aromatic rings. The first kappa shape index (κ1) is 12.4. The number of carbonyl (C=O) groups excluding carboxylic acids is 1. The van der Waals surface area contributed by atoms with E-state index in [0.717, 1.165) is 12.8 Å². The molecule has 0 aliphatic heterocycles. The molecule has 78 valence electrons. The molecule has 0 aliphatic rings. The Labute approximate surface area is 80.6 Å². The molecule has 0 aliphatic carbocycles. The predicted octanol–water partition coefficient (Wildman–Crippen LogP) is 2.19. The fraction of sp³-hybridized carbons (Fsp3) is 0.900. The molecule has 0 saturated heterocycles. The van der Waals surface area contributed by atoms with E-state index in [9.17, 15) is 4.79 Å². The van der Waals surface area contributed by atoms with Gasteiger partial charge in [0.2, 0.25) is 0 Å². The van der Waals surface area contributed by atoms with Gasteiger partial charge in [-0.2, -0.15) is 0 Å². The van der Waals surface area contributed by atoms with E-state index >= 15 is 0 Å². The molecule has 0 saturated carbocycles. The van der Waals surface area contributed by atoms with Crippen LogP contribution in [0, 0.1) is 0 Å². The highest BCUT2D eigenvalue weighted by atomic mass is 16.5. The summed E-state index contributed by atoms with van der Waals surface area (Å²) in [5.74, 6) is -0.291. The third kappa shape index (κ3) is 9.34. The van der Waals surface area contributed by atoms with Crippen LogP contribution in [0.4, 0.5) is 0 Å².